The molecule has 0 unspecified atom stereocenters. The van der Waals surface area contributed by atoms with Gasteiger partial charge in [0.05, 0.1) is 0 Å². The summed E-state index contributed by atoms with van der Waals surface area (Å²) in [7, 11) is 0. The average molecular weight is 358 g/mol. The first kappa shape index (κ1) is 19.8. The topological polar surface area (TPSA) is 20.3 Å². The molecule has 0 heterocycles. The molecule has 0 aliphatic heterocycles. The SMILES string of the molecule is CC(C)N(C(=O)S[C@]1(C/C=C/c2ccccc2)C=CCCC1)C(C)C. The average Bonchev–Trinajstić information content (AvgIpc) is 2.55. The van der Waals surface area contributed by atoms with Gasteiger partial charge in [0.15, 0.2) is 0 Å². The van der Waals surface area contributed by atoms with Crippen molar-refractivity contribution < 1.29 is 4.79 Å². The molecule has 3 heteroatoms. The third-order valence-corrected chi connectivity index (χ3v) is 5.88. The van der Waals surface area contributed by atoms with Gasteiger partial charge in [-0.25, -0.2) is 0 Å². The van der Waals surface area contributed by atoms with Crippen LogP contribution in [-0.4, -0.2) is 27.0 Å². The van der Waals surface area contributed by atoms with Gasteiger partial charge in [0.2, 0.25) is 0 Å². The van der Waals surface area contributed by atoms with Crippen LogP contribution in [-0.2, 0) is 0 Å². The van der Waals surface area contributed by atoms with E-state index in [0.29, 0.717) is 0 Å². The minimum Gasteiger partial charge on any atom is -0.329 e. The van der Waals surface area contributed by atoms with Crippen molar-refractivity contribution in [2.45, 2.75) is 70.2 Å². The van der Waals surface area contributed by atoms with E-state index in [1.165, 1.54) is 17.3 Å². The highest BCUT2D eigenvalue weighted by atomic mass is 32.2. The Kier molecular flexibility index (Phi) is 7.37. The Bertz CT molecular complexity index is 598. The molecule has 25 heavy (non-hydrogen) atoms. The van der Waals surface area contributed by atoms with Crippen molar-refractivity contribution in [1.82, 2.24) is 4.90 Å². The minimum atomic E-state index is -0.108. The zero-order valence-electron chi connectivity index (χ0n) is 15.9. The number of nitrogens with zero attached hydrogens (tertiary/aromatic N) is 1. The van der Waals surface area contributed by atoms with E-state index >= 15 is 0 Å². The maximum absolute atomic E-state index is 13.0. The van der Waals surface area contributed by atoms with Crippen molar-refractivity contribution in [3.8, 4) is 0 Å². The van der Waals surface area contributed by atoms with E-state index in [-0.39, 0.29) is 22.1 Å². The number of thioether (sulfide) groups is 1. The largest absolute Gasteiger partial charge is 0.329 e. The molecule has 1 aromatic rings. The van der Waals surface area contributed by atoms with Gasteiger partial charge >= 0.3 is 0 Å². The van der Waals surface area contributed by atoms with Crippen LogP contribution in [0.3, 0.4) is 0 Å². The van der Waals surface area contributed by atoms with Crippen LogP contribution in [0.25, 0.3) is 6.08 Å². The third-order valence-electron chi connectivity index (χ3n) is 4.58. The van der Waals surface area contributed by atoms with Crippen LogP contribution in [0.2, 0.25) is 0 Å². The second-order valence-corrected chi connectivity index (χ2v) is 8.71. The van der Waals surface area contributed by atoms with Gasteiger partial charge in [-0.3, -0.25) is 4.79 Å². The van der Waals surface area contributed by atoms with Gasteiger partial charge in [-0.1, -0.05) is 66.4 Å². The molecule has 1 amide bonds. The molecule has 1 aliphatic carbocycles. The monoisotopic (exact) mass is 357 g/mol. The van der Waals surface area contributed by atoms with Gasteiger partial charge in [-0.2, -0.15) is 0 Å². The maximum Gasteiger partial charge on any atom is 0.282 e. The molecule has 0 bridgehead atoms. The van der Waals surface area contributed by atoms with Gasteiger partial charge in [0.25, 0.3) is 5.24 Å². The molecule has 0 saturated carbocycles. The van der Waals surface area contributed by atoms with E-state index in [1.807, 2.05) is 11.0 Å². The van der Waals surface area contributed by atoms with Crippen molar-refractivity contribution in [2.24, 2.45) is 0 Å². The summed E-state index contributed by atoms with van der Waals surface area (Å²) in [5, 5.41) is 0.199. The Morgan fingerprint density at radius 2 is 1.88 bits per heavy atom. The highest BCUT2D eigenvalue weighted by Gasteiger charge is 2.34. The number of amides is 1. The van der Waals surface area contributed by atoms with Crippen molar-refractivity contribution in [2.75, 3.05) is 0 Å². The number of hydrogen-bond donors (Lipinski definition) is 0. The lowest BCUT2D eigenvalue weighted by molar-refractivity contribution is 0.189. The molecule has 2 nitrogen and oxygen atoms in total. The van der Waals surface area contributed by atoms with Crippen LogP contribution in [0.1, 0.15) is 58.9 Å². The van der Waals surface area contributed by atoms with E-state index in [2.05, 4.69) is 76.3 Å². The van der Waals surface area contributed by atoms with Crippen molar-refractivity contribution in [3.05, 3.63) is 54.1 Å². The van der Waals surface area contributed by atoms with Crippen molar-refractivity contribution >= 4 is 23.1 Å². The number of hydrogen-bond acceptors (Lipinski definition) is 2. The van der Waals surface area contributed by atoms with Crippen LogP contribution < -0.4 is 0 Å². The zero-order chi connectivity index (χ0) is 18.3. The van der Waals surface area contributed by atoms with Gasteiger partial charge < -0.3 is 4.90 Å². The van der Waals surface area contributed by atoms with Crippen LogP contribution in [0.5, 0.6) is 0 Å². The number of benzene rings is 1. The van der Waals surface area contributed by atoms with Gasteiger partial charge in [-0.15, -0.1) is 0 Å². The molecular formula is C22H31NOS. The lowest BCUT2D eigenvalue weighted by Crippen LogP contribution is -2.42. The smallest absolute Gasteiger partial charge is 0.282 e. The fraction of sp³-hybridized carbons (Fsp3) is 0.500. The first-order chi connectivity index (χ1) is 11.9. The molecular weight excluding hydrogens is 326 g/mol. The van der Waals surface area contributed by atoms with Gasteiger partial charge in [0.1, 0.15) is 0 Å². The fourth-order valence-electron chi connectivity index (χ4n) is 3.40. The Balaban J connectivity index is 2.12. The molecule has 1 atom stereocenters. The summed E-state index contributed by atoms with van der Waals surface area (Å²) in [6, 6.07) is 10.8. The quantitative estimate of drug-likeness (QED) is 0.539. The van der Waals surface area contributed by atoms with Gasteiger partial charge in [-0.05, 0) is 58.9 Å². The maximum atomic E-state index is 13.0. The van der Waals surface area contributed by atoms with E-state index in [9.17, 15) is 4.79 Å². The van der Waals surface area contributed by atoms with Crippen LogP contribution in [0, 0.1) is 0 Å². The highest BCUT2D eigenvalue weighted by Crippen LogP contribution is 2.41. The third kappa shape index (κ3) is 5.78. The van der Waals surface area contributed by atoms with E-state index in [4.69, 9.17) is 0 Å². The first-order valence-electron chi connectivity index (χ1n) is 9.34. The second kappa shape index (κ2) is 9.28. The highest BCUT2D eigenvalue weighted by molar-refractivity contribution is 8.14. The Morgan fingerprint density at radius 1 is 1.20 bits per heavy atom. The summed E-state index contributed by atoms with van der Waals surface area (Å²) in [6.07, 6.45) is 13.1. The molecule has 2 rings (SSSR count). The predicted molar refractivity (Wildman–Crippen MR) is 111 cm³/mol. The fourth-order valence-corrected chi connectivity index (χ4v) is 4.87. The molecule has 0 aromatic heterocycles. The molecule has 136 valence electrons. The molecule has 0 saturated heterocycles. The van der Waals surface area contributed by atoms with Crippen LogP contribution >= 0.6 is 11.8 Å². The number of carbonyl (C=O) groups excluding carboxylic acids is 1. The second-order valence-electron chi connectivity index (χ2n) is 7.34. The lowest BCUT2D eigenvalue weighted by Gasteiger charge is -2.36. The Morgan fingerprint density at radius 3 is 2.44 bits per heavy atom. The summed E-state index contributed by atoms with van der Waals surface area (Å²) < 4.78 is -0.108. The first-order valence-corrected chi connectivity index (χ1v) is 10.2. The minimum absolute atomic E-state index is 0.108. The van der Waals surface area contributed by atoms with Crippen molar-refractivity contribution in [3.63, 3.8) is 0 Å². The summed E-state index contributed by atoms with van der Waals surface area (Å²) in [5.74, 6) is 0. The molecule has 0 spiro atoms. The molecule has 0 fully saturated rings. The van der Waals surface area contributed by atoms with E-state index < -0.39 is 0 Å². The summed E-state index contributed by atoms with van der Waals surface area (Å²) in [6.45, 7) is 8.38. The number of carbonyl (C=O) groups is 1. The Hall–Kier alpha value is -1.48. The summed E-state index contributed by atoms with van der Waals surface area (Å²) >= 11 is 1.52. The molecule has 1 aromatic carbocycles. The molecule has 0 N–H and O–H groups in total. The molecule has 1 aliphatic rings. The van der Waals surface area contributed by atoms with Gasteiger partial charge in [0, 0.05) is 16.8 Å². The number of allylic oxidation sites excluding steroid dienone is 2. The molecule has 0 radical (unpaired) electrons. The Labute approximate surface area is 157 Å². The number of rotatable bonds is 6. The van der Waals surface area contributed by atoms with Crippen LogP contribution in [0.15, 0.2) is 48.6 Å². The van der Waals surface area contributed by atoms with E-state index in [1.54, 1.807) is 0 Å². The predicted octanol–water partition coefficient (Wildman–Crippen LogP) is 6.54. The zero-order valence-corrected chi connectivity index (χ0v) is 16.8. The summed E-state index contributed by atoms with van der Waals surface area (Å²) in [4.78, 5) is 15.0. The van der Waals surface area contributed by atoms with Crippen LogP contribution in [0.4, 0.5) is 4.79 Å². The normalized spacial score (nSPS) is 20.6. The van der Waals surface area contributed by atoms with Crippen molar-refractivity contribution in [1.29, 1.82) is 0 Å². The standard InChI is InChI=1S/C22H31NOS/c1-18(2)23(19(3)4)21(24)25-22(15-9-6-10-16-22)17-11-14-20-12-7-5-8-13-20/h5,7-9,11-15,18-19H,6,10,16-17H2,1-4H3/b14-11+/t22-/m1/s1. The lowest BCUT2D eigenvalue weighted by atomic mass is 9.91. The van der Waals surface area contributed by atoms with E-state index in [0.717, 1.165) is 25.7 Å². The summed E-state index contributed by atoms with van der Waals surface area (Å²) in [5.41, 5.74) is 1.21.